The first kappa shape index (κ1) is 16.2. The number of rotatable bonds is 2. The lowest BCUT2D eigenvalue weighted by Gasteiger charge is -2.41. The zero-order valence-electron chi connectivity index (χ0n) is 13.7. The molecule has 0 radical (unpaired) electrons. The van der Waals surface area contributed by atoms with Crippen LogP contribution in [0.1, 0.15) is 37.7 Å². The van der Waals surface area contributed by atoms with Gasteiger partial charge in [0.25, 0.3) is 0 Å². The number of hydrogen-bond acceptors (Lipinski definition) is 3. The highest BCUT2D eigenvalue weighted by molar-refractivity contribution is 5.71. The van der Waals surface area contributed by atoms with Gasteiger partial charge in [-0.15, -0.1) is 0 Å². The molecule has 0 spiro atoms. The minimum absolute atomic E-state index is 0.0201. The lowest BCUT2D eigenvalue weighted by Crippen LogP contribution is -2.52. The average molecular weight is 320 g/mol. The normalized spacial score (nSPS) is 25.2. The number of carbonyl (C=O) groups excluding carboxylic acids is 1. The number of likely N-dealkylation sites (tertiary alicyclic amines) is 1. The van der Waals surface area contributed by atoms with E-state index in [0.717, 1.165) is 50.8 Å². The van der Waals surface area contributed by atoms with Gasteiger partial charge < -0.3 is 15.0 Å². The Bertz CT molecular complexity index is 558. The van der Waals surface area contributed by atoms with Gasteiger partial charge in [-0.3, -0.25) is 0 Å². The number of halogens is 1. The van der Waals surface area contributed by atoms with E-state index in [4.69, 9.17) is 4.74 Å². The van der Waals surface area contributed by atoms with Crippen LogP contribution in [0.15, 0.2) is 18.2 Å². The van der Waals surface area contributed by atoms with Crippen LogP contribution >= 0.6 is 0 Å². The van der Waals surface area contributed by atoms with Crippen LogP contribution in [0.2, 0.25) is 0 Å². The lowest BCUT2D eigenvalue weighted by molar-refractivity contribution is 0.0792. The maximum Gasteiger partial charge on any atom is 0.415 e. The summed E-state index contributed by atoms with van der Waals surface area (Å²) < 4.78 is 19.3. The molecule has 2 fully saturated rings. The second kappa shape index (κ2) is 7.30. The summed E-state index contributed by atoms with van der Waals surface area (Å²) in [7, 11) is 0. The number of aryl methyl sites for hydroxylation is 1. The molecule has 2 saturated heterocycles. The van der Waals surface area contributed by atoms with Crippen LogP contribution in [0.4, 0.5) is 9.18 Å². The van der Waals surface area contributed by atoms with Gasteiger partial charge >= 0.3 is 6.09 Å². The predicted molar refractivity (Wildman–Crippen MR) is 87.1 cm³/mol. The Morgan fingerprint density at radius 3 is 2.91 bits per heavy atom. The molecule has 1 N–H and O–H groups in total. The Hall–Kier alpha value is -1.62. The van der Waals surface area contributed by atoms with Gasteiger partial charge in [-0.1, -0.05) is 6.07 Å². The highest BCUT2D eigenvalue weighted by Crippen LogP contribution is 2.29. The molecule has 23 heavy (non-hydrogen) atoms. The molecule has 1 aromatic carbocycles. The fraction of sp³-hybridized carbons (Fsp3) is 0.611. The molecule has 0 saturated carbocycles. The third kappa shape index (κ3) is 3.83. The SMILES string of the molecule is Cc1ccc(OC(=O)N2CCCCC2C2CCCNC2)c(F)c1. The van der Waals surface area contributed by atoms with Gasteiger partial charge in [0.15, 0.2) is 11.6 Å². The number of ether oxygens (including phenoxy) is 1. The lowest BCUT2D eigenvalue weighted by atomic mass is 9.85. The van der Waals surface area contributed by atoms with Crippen LogP contribution < -0.4 is 10.1 Å². The minimum Gasteiger partial charge on any atom is -0.407 e. The molecule has 2 aliphatic rings. The van der Waals surface area contributed by atoms with E-state index in [0.29, 0.717) is 12.5 Å². The van der Waals surface area contributed by atoms with Crippen LogP contribution in [-0.2, 0) is 0 Å². The predicted octanol–water partition coefficient (Wildman–Crippen LogP) is 3.49. The van der Waals surface area contributed by atoms with Gasteiger partial charge in [0, 0.05) is 12.6 Å². The Kier molecular flexibility index (Phi) is 5.16. The molecule has 1 amide bonds. The highest BCUT2D eigenvalue weighted by Gasteiger charge is 2.34. The van der Waals surface area contributed by atoms with Gasteiger partial charge in [0.1, 0.15) is 0 Å². The molecular formula is C18H25FN2O2. The molecule has 2 aliphatic heterocycles. The standard InChI is InChI=1S/C18H25FN2O2/c1-13-7-8-17(15(19)11-13)23-18(22)21-10-3-2-6-16(21)14-5-4-9-20-12-14/h7-8,11,14,16,20H,2-6,9-10,12H2,1H3. The van der Waals surface area contributed by atoms with Crippen molar-refractivity contribution in [1.29, 1.82) is 0 Å². The molecule has 0 bridgehead atoms. The van der Waals surface area contributed by atoms with E-state index in [1.807, 2.05) is 11.8 Å². The van der Waals surface area contributed by atoms with Gasteiger partial charge in [0.2, 0.25) is 0 Å². The maximum atomic E-state index is 13.9. The molecule has 2 unspecified atom stereocenters. The molecule has 0 aromatic heterocycles. The third-order valence-electron chi connectivity index (χ3n) is 4.95. The summed E-state index contributed by atoms with van der Waals surface area (Å²) in [5, 5.41) is 3.42. The molecule has 4 nitrogen and oxygen atoms in total. The zero-order valence-corrected chi connectivity index (χ0v) is 13.7. The van der Waals surface area contributed by atoms with E-state index in [-0.39, 0.29) is 11.8 Å². The van der Waals surface area contributed by atoms with Crippen molar-refractivity contribution in [2.75, 3.05) is 19.6 Å². The van der Waals surface area contributed by atoms with Crippen molar-refractivity contribution in [2.45, 2.75) is 45.1 Å². The van der Waals surface area contributed by atoms with E-state index in [1.165, 1.54) is 12.1 Å². The average Bonchev–Trinajstić information content (AvgIpc) is 2.58. The first-order valence-electron chi connectivity index (χ1n) is 8.60. The topological polar surface area (TPSA) is 41.6 Å². The summed E-state index contributed by atoms with van der Waals surface area (Å²) >= 11 is 0. The number of nitrogens with one attached hydrogen (secondary N) is 1. The van der Waals surface area contributed by atoms with Crippen molar-refractivity contribution >= 4 is 6.09 Å². The minimum atomic E-state index is -0.480. The number of nitrogens with zero attached hydrogens (tertiary/aromatic N) is 1. The fourth-order valence-electron chi connectivity index (χ4n) is 3.72. The van der Waals surface area contributed by atoms with E-state index in [2.05, 4.69) is 5.32 Å². The van der Waals surface area contributed by atoms with Crippen molar-refractivity contribution in [3.05, 3.63) is 29.6 Å². The van der Waals surface area contributed by atoms with Crippen LogP contribution in [0, 0.1) is 18.7 Å². The van der Waals surface area contributed by atoms with Crippen molar-refractivity contribution in [2.24, 2.45) is 5.92 Å². The molecule has 126 valence electrons. The number of piperidine rings is 2. The molecule has 0 aliphatic carbocycles. The Morgan fingerprint density at radius 2 is 2.17 bits per heavy atom. The number of hydrogen-bond donors (Lipinski definition) is 1. The van der Waals surface area contributed by atoms with E-state index in [1.54, 1.807) is 6.07 Å². The number of amides is 1. The number of carbonyl (C=O) groups is 1. The molecule has 1 aromatic rings. The molecule has 5 heteroatoms. The van der Waals surface area contributed by atoms with Crippen molar-refractivity contribution in [1.82, 2.24) is 10.2 Å². The Morgan fingerprint density at radius 1 is 1.30 bits per heavy atom. The third-order valence-corrected chi connectivity index (χ3v) is 4.95. The second-order valence-corrected chi connectivity index (χ2v) is 6.66. The van der Waals surface area contributed by atoms with Crippen LogP contribution in [0.5, 0.6) is 5.75 Å². The van der Waals surface area contributed by atoms with E-state index in [9.17, 15) is 9.18 Å². The van der Waals surface area contributed by atoms with Crippen LogP contribution in [0.3, 0.4) is 0 Å². The maximum absolute atomic E-state index is 13.9. The molecule has 2 atom stereocenters. The zero-order chi connectivity index (χ0) is 16.2. The quantitative estimate of drug-likeness (QED) is 0.907. The Balaban J connectivity index is 1.70. The van der Waals surface area contributed by atoms with E-state index < -0.39 is 11.9 Å². The summed E-state index contributed by atoms with van der Waals surface area (Å²) in [6.07, 6.45) is 5.02. The van der Waals surface area contributed by atoms with Gasteiger partial charge in [-0.05, 0) is 75.7 Å². The van der Waals surface area contributed by atoms with Crippen molar-refractivity contribution in [3.8, 4) is 5.75 Å². The summed E-state index contributed by atoms with van der Waals surface area (Å²) in [5.74, 6) is 0.0115. The van der Waals surface area contributed by atoms with Gasteiger partial charge in [0.05, 0.1) is 0 Å². The van der Waals surface area contributed by atoms with Crippen molar-refractivity contribution in [3.63, 3.8) is 0 Å². The van der Waals surface area contributed by atoms with Crippen LogP contribution in [-0.4, -0.2) is 36.7 Å². The van der Waals surface area contributed by atoms with Gasteiger partial charge in [-0.2, -0.15) is 0 Å². The second-order valence-electron chi connectivity index (χ2n) is 6.66. The summed E-state index contributed by atoms with van der Waals surface area (Å²) in [5.41, 5.74) is 0.812. The molecule has 2 heterocycles. The summed E-state index contributed by atoms with van der Waals surface area (Å²) in [6.45, 7) is 4.52. The first-order valence-corrected chi connectivity index (χ1v) is 8.60. The summed E-state index contributed by atoms with van der Waals surface area (Å²) in [4.78, 5) is 14.4. The number of benzene rings is 1. The molecular weight excluding hydrogens is 295 g/mol. The monoisotopic (exact) mass is 320 g/mol. The summed E-state index contributed by atoms with van der Waals surface area (Å²) in [6, 6.07) is 4.88. The van der Waals surface area contributed by atoms with Crippen molar-refractivity contribution < 1.29 is 13.9 Å². The van der Waals surface area contributed by atoms with Crippen LogP contribution in [0.25, 0.3) is 0 Å². The van der Waals surface area contributed by atoms with E-state index >= 15 is 0 Å². The van der Waals surface area contributed by atoms with Gasteiger partial charge in [-0.25, -0.2) is 9.18 Å². The Labute approximate surface area is 137 Å². The molecule has 3 rings (SSSR count). The largest absolute Gasteiger partial charge is 0.415 e. The smallest absolute Gasteiger partial charge is 0.407 e. The first-order chi connectivity index (χ1) is 11.1. The highest BCUT2D eigenvalue weighted by atomic mass is 19.1. The fourth-order valence-corrected chi connectivity index (χ4v) is 3.72.